The Hall–Kier alpha value is -3.52. The van der Waals surface area contributed by atoms with Crippen molar-refractivity contribution in [2.75, 3.05) is 30.3 Å². The van der Waals surface area contributed by atoms with Crippen molar-refractivity contribution in [3.63, 3.8) is 0 Å². The molecule has 0 aliphatic rings. The van der Waals surface area contributed by atoms with E-state index in [1.807, 2.05) is 13.8 Å². The predicted octanol–water partition coefficient (Wildman–Crippen LogP) is -0.421. The van der Waals surface area contributed by atoms with Crippen LogP contribution in [0.4, 0.5) is 11.5 Å². The van der Waals surface area contributed by atoms with Crippen molar-refractivity contribution in [3.8, 4) is 0 Å². The number of nitrogens with two attached hydrogens (primary N) is 1. The largest absolute Gasteiger partial charge is 0.455 e. The third-order valence-corrected chi connectivity index (χ3v) is 6.06. The van der Waals surface area contributed by atoms with Gasteiger partial charge in [-0.1, -0.05) is 20.3 Å². The number of carbonyl (C=O) groups excluding carboxylic acids is 2. The Morgan fingerprint density at radius 3 is 2.62 bits per heavy atom. The van der Waals surface area contributed by atoms with Crippen LogP contribution in [0.1, 0.15) is 33.1 Å². The van der Waals surface area contributed by atoms with Gasteiger partial charge in [-0.2, -0.15) is 4.72 Å². The van der Waals surface area contributed by atoms with Crippen LogP contribution in [0.15, 0.2) is 39.0 Å². The Labute approximate surface area is 196 Å². The number of rotatable bonds is 12. The number of nitrogens with one attached hydrogen (secondary N) is 2. The lowest BCUT2D eigenvalue weighted by Gasteiger charge is -2.24. The van der Waals surface area contributed by atoms with E-state index >= 15 is 0 Å². The third kappa shape index (κ3) is 6.74. The number of hydrogen-bond donors (Lipinski definition) is 3. The minimum Gasteiger partial charge on any atom is -0.455 e. The third-order valence-electron chi connectivity index (χ3n) is 4.68. The zero-order valence-corrected chi connectivity index (χ0v) is 19.8. The topological polar surface area (TPSA) is 187 Å². The first-order valence-corrected chi connectivity index (χ1v) is 12.1. The second-order valence-electron chi connectivity index (χ2n) is 7.22. The van der Waals surface area contributed by atoms with E-state index in [4.69, 9.17) is 10.5 Å². The lowest BCUT2D eigenvalue weighted by molar-refractivity contribution is -0.146. The summed E-state index contributed by atoms with van der Waals surface area (Å²) in [6, 6.07) is 2.73. The van der Waals surface area contributed by atoms with Gasteiger partial charge in [0.2, 0.25) is 10.0 Å². The average Bonchev–Trinajstić information content (AvgIpc) is 2.81. The Morgan fingerprint density at radius 2 is 2.00 bits per heavy atom. The van der Waals surface area contributed by atoms with E-state index in [0.717, 1.165) is 15.7 Å². The van der Waals surface area contributed by atoms with Gasteiger partial charge in [0.25, 0.3) is 11.5 Å². The maximum atomic E-state index is 12.8. The van der Waals surface area contributed by atoms with Gasteiger partial charge in [-0.25, -0.2) is 13.2 Å². The maximum absolute atomic E-state index is 12.8. The van der Waals surface area contributed by atoms with Gasteiger partial charge in [-0.05, 0) is 25.0 Å². The van der Waals surface area contributed by atoms with Gasteiger partial charge in [0, 0.05) is 25.5 Å². The molecule has 0 saturated heterocycles. The summed E-state index contributed by atoms with van der Waals surface area (Å²) in [6.07, 6.45) is 4.27. The summed E-state index contributed by atoms with van der Waals surface area (Å²) in [5.41, 5.74) is 4.31. The number of esters is 1. The number of aromatic amines is 1. The first-order valence-electron chi connectivity index (χ1n) is 10.6. The van der Waals surface area contributed by atoms with Crippen LogP contribution in [0, 0.1) is 0 Å². The van der Waals surface area contributed by atoms with Gasteiger partial charge in [0.05, 0.1) is 0 Å². The molecule has 34 heavy (non-hydrogen) atoms. The molecule has 2 heterocycles. The number of anilines is 2. The number of nitrogens with zero attached hydrogens (tertiary/aromatic N) is 3. The van der Waals surface area contributed by atoms with E-state index < -0.39 is 46.3 Å². The number of hydrogen-bond acceptors (Lipinski definition) is 9. The maximum Gasteiger partial charge on any atom is 0.330 e. The molecule has 0 atom stereocenters. The summed E-state index contributed by atoms with van der Waals surface area (Å²) < 4.78 is 32.4. The Balaban J connectivity index is 2.13. The fourth-order valence-corrected chi connectivity index (χ4v) is 3.91. The first-order chi connectivity index (χ1) is 16.1. The zero-order chi connectivity index (χ0) is 25.3. The Kier molecular flexibility index (Phi) is 9.50. The number of amides is 1. The zero-order valence-electron chi connectivity index (χ0n) is 18.9. The molecular formula is C20H28N6O7S. The summed E-state index contributed by atoms with van der Waals surface area (Å²) in [7, 11) is -3.99. The van der Waals surface area contributed by atoms with Crippen LogP contribution in [0.25, 0.3) is 0 Å². The molecule has 0 radical (unpaired) electrons. The van der Waals surface area contributed by atoms with Crippen LogP contribution in [0.2, 0.25) is 0 Å². The lowest BCUT2D eigenvalue weighted by atomic mass is 10.2. The normalized spacial score (nSPS) is 11.2. The van der Waals surface area contributed by atoms with Crippen molar-refractivity contribution in [1.82, 2.24) is 19.3 Å². The Bertz CT molecular complexity index is 1220. The second-order valence-corrected chi connectivity index (χ2v) is 8.98. The number of pyridine rings is 1. The molecule has 0 aromatic carbocycles. The fraction of sp³-hybridized carbons (Fsp3) is 0.450. The van der Waals surface area contributed by atoms with Crippen LogP contribution in [0.3, 0.4) is 0 Å². The number of ether oxygens (including phenoxy) is 1. The SMILES string of the molecule is CCCCN(C(=O)COC(=O)CNS(=O)(=O)c1cccnc1)c1c(N)n(CCC)c(=O)[nH]c1=O. The number of sulfonamides is 1. The highest BCUT2D eigenvalue weighted by atomic mass is 32.2. The molecule has 186 valence electrons. The van der Waals surface area contributed by atoms with Crippen molar-refractivity contribution in [1.29, 1.82) is 0 Å². The van der Waals surface area contributed by atoms with Crippen molar-refractivity contribution in [3.05, 3.63) is 45.4 Å². The monoisotopic (exact) mass is 496 g/mol. The first kappa shape index (κ1) is 26.7. The molecule has 14 heteroatoms. The van der Waals surface area contributed by atoms with Crippen molar-refractivity contribution in [2.45, 2.75) is 44.6 Å². The number of nitrogen functional groups attached to an aromatic ring is 1. The molecule has 0 bridgehead atoms. The highest BCUT2D eigenvalue weighted by molar-refractivity contribution is 7.89. The van der Waals surface area contributed by atoms with Crippen molar-refractivity contribution in [2.24, 2.45) is 0 Å². The molecule has 0 spiro atoms. The minimum atomic E-state index is -3.99. The quantitative estimate of drug-likeness (QED) is 0.328. The Morgan fingerprint density at radius 1 is 1.26 bits per heavy atom. The molecule has 4 N–H and O–H groups in total. The second kappa shape index (κ2) is 12.1. The van der Waals surface area contributed by atoms with Gasteiger partial charge in [0.15, 0.2) is 12.3 Å². The molecule has 2 rings (SSSR count). The predicted molar refractivity (Wildman–Crippen MR) is 124 cm³/mol. The molecule has 2 aromatic rings. The summed E-state index contributed by atoms with van der Waals surface area (Å²) in [4.78, 5) is 56.2. The number of carbonyl (C=O) groups is 2. The molecule has 0 unspecified atom stereocenters. The van der Waals surface area contributed by atoms with Crippen LogP contribution >= 0.6 is 0 Å². The van der Waals surface area contributed by atoms with Gasteiger partial charge in [0.1, 0.15) is 17.3 Å². The van der Waals surface area contributed by atoms with Gasteiger partial charge in [-0.15, -0.1) is 0 Å². The van der Waals surface area contributed by atoms with E-state index in [1.165, 1.54) is 18.3 Å². The van der Waals surface area contributed by atoms with E-state index in [0.29, 0.717) is 19.3 Å². The lowest BCUT2D eigenvalue weighted by Crippen LogP contribution is -2.43. The highest BCUT2D eigenvalue weighted by Crippen LogP contribution is 2.18. The van der Waals surface area contributed by atoms with Gasteiger partial charge >= 0.3 is 11.7 Å². The van der Waals surface area contributed by atoms with Gasteiger partial charge < -0.3 is 15.4 Å². The highest BCUT2D eigenvalue weighted by Gasteiger charge is 2.25. The van der Waals surface area contributed by atoms with Crippen LogP contribution in [-0.2, 0) is 30.9 Å². The molecule has 0 fully saturated rings. The summed E-state index contributed by atoms with van der Waals surface area (Å²) in [5.74, 6) is -1.93. The molecule has 0 saturated carbocycles. The van der Waals surface area contributed by atoms with Crippen molar-refractivity contribution < 1.29 is 22.7 Å². The summed E-state index contributed by atoms with van der Waals surface area (Å²) in [6.45, 7) is 2.54. The van der Waals surface area contributed by atoms with E-state index in [9.17, 15) is 27.6 Å². The molecular weight excluding hydrogens is 468 g/mol. The van der Waals surface area contributed by atoms with Crippen LogP contribution in [0.5, 0.6) is 0 Å². The van der Waals surface area contributed by atoms with E-state index in [-0.39, 0.29) is 29.5 Å². The fourth-order valence-electron chi connectivity index (χ4n) is 2.98. The summed E-state index contributed by atoms with van der Waals surface area (Å²) in [5, 5.41) is 0. The molecule has 1 amide bonds. The minimum absolute atomic E-state index is 0.0954. The molecule has 2 aromatic heterocycles. The standard InChI is InChI=1S/C20H28N6O7S/c1-3-5-10-25(17-18(21)26(9-4-2)20(30)24-19(17)29)15(27)13-33-16(28)12-23-34(31,32)14-7-6-8-22-11-14/h6-8,11,23H,3-5,9-10,12-13,21H2,1-2H3,(H,24,29,30). The molecule has 13 nitrogen and oxygen atoms in total. The number of unbranched alkanes of at least 4 members (excludes halogenated alkanes) is 1. The van der Waals surface area contributed by atoms with E-state index in [2.05, 4.69) is 14.7 Å². The average molecular weight is 497 g/mol. The molecule has 0 aliphatic heterocycles. The van der Waals surface area contributed by atoms with E-state index in [1.54, 1.807) is 0 Å². The number of H-pyrrole nitrogens is 1. The molecule has 0 aliphatic carbocycles. The smallest absolute Gasteiger partial charge is 0.330 e. The van der Waals surface area contributed by atoms with Crippen LogP contribution in [-0.4, -0.2) is 54.5 Å². The summed E-state index contributed by atoms with van der Waals surface area (Å²) >= 11 is 0. The van der Waals surface area contributed by atoms with Gasteiger partial charge in [-0.3, -0.25) is 28.9 Å². The number of aromatic nitrogens is 3. The van der Waals surface area contributed by atoms with Crippen LogP contribution < -0.4 is 26.6 Å². The van der Waals surface area contributed by atoms with Crippen molar-refractivity contribution >= 4 is 33.4 Å².